The second-order valence-corrected chi connectivity index (χ2v) is 4.79. The van der Waals surface area contributed by atoms with Crippen LogP contribution in [0.5, 0.6) is 0 Å². The Labute approximate surface area is 107 Å². The van der Waals surface area contributed by atoms with Crippen molar-refractivity contribution in [3.63, 3.8) is 0 Å². The Balaban J connectivity index is 2.39. The van der Waals surface area contributed by atoms with Gasteiger partial charge in [0.05, 0.1) is 5.56 Å². The van der Waals surface area contributed by atoms with Gasteiger partial charge in [-0.1, -0.05) is 0 Å². The lowest BCUT2D eigenvalue weighted by Crippen LogP contribution is -2.30. The van der Waals surface area contributed by atoms with Crippen molar-refractivity contribution in [2.45, 2.75) is 13.8 Å². The summed E-state index contributed by atoms with van der Waals surface area (Å²) in [4.78, 5) is 0. The summed E-state index contributed by atoms with van der Waals surface area (Å²) >= 11 is 0. The number of rotatable bonds is 1. The first kappa shape index (κ1) is 11.0. The van der Waals surface area contributed by atoms with Crippen LogP contribution in [0.2, 0.25) is 0 Å². The molecular formula is C16H17N2+. The molecule has 0 saturated carbocycles. The number of aryl methyl sites for hydroxylation is 3. The molecule has 0 atom stereocenters. The molecule has 18 heavy (non-hydrogen) atoms. The molecule has 2 heteroatoms. The Morgan fingerprint density at radius 3 is 2.67 bits per heavy atom. The van der Waals surface area contributed by atoms with Crippen LogP contribution in [0.4, 0.5) is 0 Å². The fourth-order valence-electron chi connectivity index (χ4n) is 2.69. The average molecular weight is 237 g/mol. The van der Waals surface area contributed by atoms with E-state index in [0.717, 1.165) is 0 Å². The third-order valence-corrected chi connectivity index (χ3v) is 3.57. The van der Waals surface area contributed by atoms with Gasteiger partial charge in [0.1, 0.15) is 7.05 Å². The molecule has 3 heterocycles. The van der Waals surface area contributed by atoms with Crippen molar-refractivity contribution in [3.05, 3.63) is 60.0 Å². The first-order valence-electron chi connectivity index (χ1n) is 6.21. The van der Waals surface area contributed by atoms with Gasteiger partial charge in [-0.05, 0) is 43.7 Å². The summed E-state index contributed by atoms with van der Waals surface area (Å²) in [6.45, 7) is 4.37. The van der Waals surface area contributed by atoms with Crippen LogP contribution in [-0.2, 0) is 7.05 Å². The zero-order chi connectivity index (χ0) is 12.7. The Hall–Kier alpha value is -2.09. The predicted molar refractivity (Wildman–Crippen MR) is 73.5 cm³/mol. The lowest BCUT2D eigenvalue weighted by molar-refractivity contribution is -0.660. The SMILES string of the molecule is Cc1cc2cccn2c(C)c1-c1cccc[n+]1C. The normalized spacial score (nSPS) is 11.1. The first-order chi connectivity index (χ1) is 8.68. The minimum absolute atomic E-state index is 1.25. The van der Waals surface area contributed by atoms with Gasteiger partial charge >= 0.3 is 0 Å². The van der Waals surface area contributed by atoms with E-state index in [0.29, 0.717) is 0 Å². The molecule has 0 aromatic carbocycles. The maximum Gasteiger partial charge on any atom is 0.214 e. The van der Waals surface area contributed by atoms with E-state index >= 15 is 0 Å². The summed E-state index contributed by atoms with van der Waals surface area (Å²) in [5.74, 6) is 0. The monoisotopic (exact) mass is 237 g/mol. The number of hydrogen-bond donors (Lipinski definition) is 0. The molecule has 3 aromatic rings. The van der Waals surface area contributed by atoms with Crippen LogP contribution in [0.3, 0.4) is 0 Å². The van der Waals surface area contributed by atoms with Crippen LogP contribution < -0.4 is 4.57 Å². The molecule has 0 saturated heterocycles. The van der Waals surface area contributed by atoms with E-state index in [1.54, 1.807) is 0 Å². The Morgan fingerprint density at radius 1 is 1.06 bits per heavy atom. The molecule has 0 aliphatic heterocycles. The molecular weight excluding hydrogens is 220 g/mol. The standard InChI is InChI=1S/C16H17N2/c1-12-11-14-7-6-10-18(14)13(2)16(12)15-8-4-5-9-17(15)3/h4-11H,1-3H3/q+1. The van der Waals surface area contributed by atoms with E-state index in [-0.39, 0.29) is 0 Å². The van der Waals surface area contributed by atoms with Gasteiger partial charge in [0.15, 0.2) is 6.20 Å². The molecule has 0 amide bonds. The third kappa shape index (κ3) is 1.53. The van der Waals surface area contributed by atoms with Crippen molar-refractivity contribution in [2.75, 3.05) is 0 Å². The molecule has 0 spiro atoms. The lowest BCUT2D eigenvalue weighted by atomic mass is 10.0. The van der Waals surface area contributed by atoms with Crippen LogP contribution in [-0.4, -0.2) is 4.40 Å². The maximum atomic E-state index is 2.25. The number of fused-ring (bicyclic) bond motifs is 1. The van der Waals surface area contributed by atoms with Gasteiger partial charge in [0.25, 0.3) is 0 Å². The highest BCUT2D eigenvalue weighted by Crippen LogP contribution is 2.26. The molecule has 0 unspecified atom stereocenters. The number of pyridine rings is 2. The van der Waals surface area contributed by atoms with Crippen LogP contribution in [0, 0.1) is 13.8 Å². The highest BCUT2D eigenvalue weighted by molar-refractivity contribution is 5.68. The number of hydrogen-bond acceptors (Lipinski definition) is 0. The third-order valence-electron chi connectivity index (χ3n) is 3.57. The predicted octanol–water partition coefficient (Wildman–Crippen LogP) is 3.05. The van der Waals surface area contributed by atoms with Crippen LogP contribution >= 0.6 is 0 Å². The second-order valence-electron chi connectivity index (χ2n) is 4.79. The summed E-state index contributed by atoms with van der Waals surface area (Å²) in [6, 6.07) is 12.8. The molecule has 0 aliphatic carbocycles. The smallest absolute Gasteiger partial charge is 0.214 e. The van der Waals surface area contributed by atoms with Gasteiger partial charge in [-0.25, -0.2) is 4.57 Å². The molecule has 2 nitrogen and oxygen atoms in total. The zero-order valence-corrected chi connectivity index (χ0v) is 11.0. The van der Waals surface area contributed by atoms with Gasteiger partial charge < -0.3 is 4.40 Å². The molecule has 0 N–H and O–H groups in total. The van der Waals surface area contributed by atoms with Gasteiger partial charge in [-0.15, -0.1) is 0 Å². The Bertz CT molecular complexity index is 723. The Kier molecular flexibility index (Phi) is 2.44. The van der Waals surface area contributed by atoms with Crippen LogP contribution in [0.25, 0.3) is 16.8 Å². The van der Waals surface area contributed by atoms with E-state index in [1.807, 2.05) is 0 Å². The lowest BCUT2D eigenvalue weighted by Gasteiger charge is -2.11. The molecule has 0 fully saturated rings. The van der Waals surface area contributed by atoms with E-state index in [2.05, 4.69) is 78.7 Å². The summed E-state index contributed by atoms with van der Waals surface area (Å²) in [5, 5.41) is 0. The van der Waals surface area contributed by atoms with E-state index < -0.39 is 0 Å². The van der Waals surface area contributed by atoms with Crippen molar-refractivity contribution in [1.29, 1.82) is 0 Å². The molecule has 3 aromatic heterocycles. The highest BCUT2D eigenvalue weighted by Gasteiger charge is 2.16. The van der Waals surface area contributed by atoms with E-state index in [1.165, 1.54) is 28.0 Å². The zero-order valence-electron chi connectivity index (χ0n) is 11.0. The van der Waals surface area contributed by atoms with Crippen LogP contribution in [0.15, 0.2) is 48.8 Å². The van der Waals surface area contributed by atoms with Gasteiger partial charge in [-0.3, -0.25) is 0 Å². The Morgan fingerprint density at radius 2 is 1.89 bits per heavy atom. The quantitative estimate of drug-likeness (QED) is 0.575. The average Bonchev–Trinajstić information content (AvgIpc) is 2.79. The largest absolute Gasteiger partial charge is 0.320 e. The molecule has 0 aliphatic rings. The second kappa shape index (κ2) is 3.98. The topological polar surface area (TPSA) is 8.29 Å². The number of nitrogens with zero attached hydrogens (tertiary/aromatic N) is 2. The summed E-state index contributed by atoms with van der Waals surface area (Å²) in [7, 11) is 2.09. The molecule has 0 radical (unpaired) electrons. The van der Waals surface area contributed by atoms with Crippen molar-refractivity contribution < 1.29 is 4.57 Å². The maximum absolute atomic E-state index is 2.25. The fraction of sp³-hybridized carbons (Fsp3) is 0.188. The minimum atomic E-state index is 1.25. The first-order valence-corrected chi connectivity index (χ1v) is 6.21. The van der Waals surface area contributed by atoms with Crippen molar-refractivity contribution in [1.82, 2.24) is 4.40 Å². The van der Waals surface area contributed by atoms with E-state index in [4.69, 9.17) is 0 Å². The fourth-order valence-corrected chi connectivity index (χ4v) is 2.69. The summed E-state index contributed by atoms with van der Waals surface area (Å²) in [6.07, 6.45) is 4.21. The van der Waals surface area contributed by atoms with Gasteiger partial charge in [0, 0.05) is 29.5 Å². The van der Waals surface area contributed by atoms with Crippen LogP contribution in [0.1, 0.15) is 11.3 Å². The summed E-state index contributed by atoms with van der Waals surface area (Å²) < 4.78 is 4.42. The van der Waals surface area contributed by atoms with Gasteiger partial charge in [-0.2, -0.15) is 0 Å². The molecule has 90 valence electrons. The van der Waals surface area contributed by atoms with Gasteiger partial charge in [0.2, 0.25) is 5.69 Å². The minimum Gasteiger partial charge on any atom is -0.320 e. The van der Waals surface area contributed by atoms with Crippen molar-refractivity contribution >= 4 is 5.52 Å². The molecule has 0 bridgehead atoms. The highest BCUT2D eigenvalue weighted by atomic mass is 14.9. The number of aromatic nitrogens is 2. The van der Waals surface area contributed by atoms with E-state index in [9.17, 15) is 0 Å². The van der Waals surface area contributed by atoms with Crippen molar-refractivity contribution in [2.24, 2.45) is 7.05 Å². The summed E-state index contributed by atoms with van der Waals surface area (Å²) in [5.41, 5.74) is 6.44. The van der Waals surface area contributed by atoms with Crippen molar-refractivity contribution in [3.8, 4) is 11.3 Å². The molecule has 3 rings (SSSR count).